The number of ether oxygens (including phenoxy) is 6. The van der Waals surface area contributed by atoms with E-state index in [1.807, 2.05) is 0 Å². The molecule has 7 heterocycles. The first-order valence-corrected chi connectivity index (χ1v) is 46.4. The van der Waals surface area contributed by atoms with Gasteiger partial charge in [-0.05, 0) is 123 Å². The van der Waals surface area contributed by atoms with Crippen molar-refractivity contribution in [3.8, 4) is 57.1 Å². The smallest absolute Gasteiger partial charge is 0.341 e. The molecule has 5 aromatic carbocycles. The van der Waals surface area contributed by atoms with E-state index in [0.29, 0.717) is 19.3 Å². The van der Waals surface area contributed by atoms with E-state index in [2.05, 4.69) is 54.8 Å². The van der Waals surface area contributed by atoms with Crippen LogP contribution in [-0.2, 0) is 77.8 Å². The van der Waals surface area contributed by atoms with Gasteiger partial charge in [-0.3, -0.25) is 47.5 Å². The quantitative estimate of drug-likeness (QED) is 0.0159. The van der Waals surface area contributed by atoms with E-state index in [9.17, 15) is 104 Å². The number of amides is 8. The molecule has 47 heteroatoms. The number of aliphatic carboxylic acids is 1. The Morgan fingerprint density at radius 1 is 0.702 bits per heavy atom. The number of phenolic OH excluding ortho intramolecular Hbond substituents is 3. The first-order valence-electron chi connectivity index (χ1n) is 42.3. The Balaban J connectivity index is 1.19. The topological polar surface area (TPSA) is 681 Å². The highest BCUT2D eigenvalue weighted by Gasteiger charge is 2.56. The molecule has 43 nitrogen and oxygen atoms in total. The van der Waals surface area contributed by atoms with Crippen LogP contribution in [0.3, 0.4) is 0 Å². The Morgan fingerprint density at radius 2 is 1.30 bits per heavy atom. The number of aliphatic hydroxyl groups excluding tert-OH is 6. The van der Waals surface area contributed by atoms with Gasteiger partial charge in [-0.25, -0.2) is 4.79 Å². The standard InChI is InChI=1S/C84H111Cl2N11O32P2/c1-7-8-9-10-11-12-13-14-21-89-22-24-97(59(103)34-61(130(118,119)120)131(121,122)123)84(5)35-60(124-39(4)75(84)109)128-74-72(108)71(107)57(37-99)127-83(74)129-73-55-30-43-31-56(73)126-54-20-17-42(29-48(54)86)69(105)67-81(115)94-65(82(116)117)45-32-52(101)46(36-90-23-25-98)70(106)62(45)44-27-40(15-18-51(44)100)63(78(112)96-67)93-79(113)64(43)92-77(111)50(33-58(87)102)91-80(114)66(95-76(110)49(88-6)26-38(2)3)68(104)41-16-19-53(125-55)47(85)28-41/h15-20,25,27-32,38-39,49-50,57,60-61,63-69,71-72,74-75,83,88-90,99-101,104-109H,7-14,21-24,26,33-37H2,1-6H3,(H2,87,102)(H,91,114)(H,92,111)(H,93,113)(H,94,115)(H,95,110)(H,96,112)(H,116,117)(H2,118,119,120)(H2,121,122,123)/t39?,49?,50?,57?,60?,63?,64?,65-,66?,67?,68+,69-,71?,72?,74?,75?,83?,84?/m1/s1. The molecule has 2 fully saturated rings. The van der Waals surface area contributed by atoms with E-state index in [1.165, 1.54) is 20.9 Å². The van der Waals surface area contributed by atoms with Crippen LogP contribution in [0.25, 0.3) is 11.1 Å². The molecule has 7 aliphatic heterocycles. The average molecular weight is 1920 g/mol. The number of carbonyl (C=O) groups excluding carboxylic acids is 9. The molecule has 8 amide bonds. The number of unbranched alkanes of at least 4 members (excludes halogenated alkanes) is 7. The van der Waals surface area contributed by atoms with Crippen molar-refractivity contribution in [3.63, 3.8) is 0 Å². The summed E-state index contributed by atoms with van der Waals surface area (Å²) in [6.45, 7) is 6.16. The summed E-state index contributed by atoms with van der Waals surface area (Å²) < 4.78 is 65.0. The molecule has 718 valence electrons. The highest BCUT2D eigenvalue weighted by atomic mass is 35.5. The molecule has 18 atom stereocenters. The van der Waals surface area contributed by atoms with E-state index in [4.69, 9.17) is 57.4 Å². The van der Waals surface area contributed by atoms with Crippen LogP contribution in [0.4, 0.5) is 0 Å². The number of carbonyl (C=O) groups is 10. The predicted molar refractivity (Wildman–Crippen MR) is 463 cm³/mol. The van der Waals surface area contributed by atoms with Gasteiger partial charge in [0.15, 0.2) is 35.3 Å². The molecule has 0 aromatic heterocycles. The fourth-order valence-corrected chi connectivity index (χ4v) is 19.1. The van der Waals surface area contributed by atoms with Gasteiger partial charge in [0.2, 0.25) is 59.3 Å². The number of hydrogen-bond donors (Lipinski definition) is 24. The van der Waals surface area contributed by atoms with Crippen LogP contribution in [0.15, 0.2) is 72.8 Å². The summed E-state index contributed by atoms with van der Waals surface area (Å²) in [5.74, 6) is -19.0. The monoisotopic (exact) mass is 1920 g/mol. The van der Waals surface area contributed by atoms with Gasteiger partial charge in [0, 0.05) is 42.7 Å². The molecular formula is C84H111Cl2N11O32P2. The van der Waals surface area contributed by atoms with Gasteiger partial charge < -0.3 is 162 Å². The maximum atomic E-state index is 16.4. The number of nitrogens with zero attached hydrogens (tertiary/aromatic N) is 1. The number of aliphatic hydroxyl groups is 6. The maximum absolute atomic E-state index is 16.4. The van der Waals surface area contributed by atoms with Gasteiger partial charge in [0.05, 0.1) is 59.3 Å². The number of aldehydes is 1. The van der Waals surface area contributed by atoms with Crippen molar-refractivity contribution >= 4 is 97.9 Å². The molecule has 0 aliphatic carbocycles. The van der Waals surface area contributed by atoms with Crippen molar-refractivity contribution in [2.24, 2.45) is 11.7 Å². The lowest BCUT2D eigenvalue weighted by molar-refractivity contribution is -0.337. The fraction of sp³-hybridized carbons (Fsp3) is 0.524. The van der Waals surface area contributed by atoms with E-state index in [-0.39, 0.29) is 36.6 Å². The lowest BCUT2D eigenvalue weighted by Crippen LogP contribution is -2.67. The minimum Gasteiger partial charge on any atom is -0.507 e. The zero-order chi connectivity index (χ0) is 96.2. The van der Waals surface area contributed by atoms with Crippen LogP contribution in [0.1, 0.15) is 175 Å². The van der Waals surface area contributed by atoms with Gasteiger partial charge in [-0.1, -0.05) is 107 Å². The Bertz CT molecular complexity index is 5110. The number of fused-ring (bicyclic) bond motifs is 15. The highest BCUT2D eigenvalue weighted by molar-refractivity contribution is 7.70. The average Bonchev–Trinajstić information content (AvgIpc) is 0.754. The van der Waals surface area contributed by atoms with Gasteiger partial charge in [-0.15, -0.1) is 0 Å². The molecule has 15 unspecified atom stereocenters. The normalized spacial score (nSPS) is 25.7. The molecule has 2 saturated heterocycles. The Morgan fingerprint density at radius 3 is 1.88 bits per heavy atom. The van der Waals surface area contributed by atoms with Crippen molar-refractivity contribution in [3.05, 3.63) is 116 Å². The van der Waals surface area contributed by atoms with Gasteiger partial charge in [-0.2, -0.15) is 0 Å². The minimum absolute atomic E-state index is 0.0811. The molecule has 0 spiro atoms. The number of primary amides is 1. The first kappa shape index (κ1) is 103. The summed E-state index contributed by atoms with van der Waals surface area (Å²) in [6.07, 6.45) is -15.6. The second-order valence-corrected chi connectivity index (χ2v) is 38.1. The Labute approximate surface area is 760 Å². The third-order valence-electron chi connectivity index (χ3n) is 23.3. The summed E-state index contributed by atoms with van der Waals surface area (Å²) in [5.41, 5.74) is -0.252. The van der Waals surface area contributed by atoms with Crippen LogP contribution >= 0.6 is 38.4 Å². The number of nitrogens with one attached hydrogen (secondary N) is 9. The van der Waals surface area contributed by atoms with Crippen LogP contribution in [0.2, 0.25) is 10.0 Å². The van der Waals surface area contributed by atoms with E-state index < -0.39 is 311 Å². The number of aromatic hydroxyl groups is 3. The number of benzene rings is 5. The number of phenols is 3. The summed E-state index contributed by atoms with van der Waals surface area (Å²) in [7, 11) is -10.2. The number of halogens is 2. The van der Waals surface area contributed by atoms with E-state index >= 15 is 24.0 Å². The van der Waals surface area contributed by atoms with Gasteiger partial charge >= 0.3 is 21.2 Å². The lowest BCUT2D eigenvalue weighted by atomic mass is 9.82. The molecule has 0 saturated carbocycles. The van der Waals surface area contributed by atoms with Crippen molar-refractivity contribution in [2.45, 2.75) is 233 Å². The number of carboxylic acid groups (broad SMARTS) is 1. The second-order valence-electron chi connectivity index (χ2n) is 33.3. The SMILES string of the molecule is CCCCCCCCCCNCCN(C(=O)CC(P(=O)(O)O)P(=O)(O)O)C1(C)CC(OC2C(Oc3c4cc5cc3Oc3ccc(cc3Cl)[C@H](O)C(NC(=O)C(CC(C)C)NC)C(=O)NC(CC(N)=O)C(=O)NC5C(=O)NC3C(=O)NC(C(=O)N[C@@H](C(=O)O)c5cc(O)c(CNCC=O)c(O)c5-c5cc3ccc5O)[C@H](O)c3ccc(c(Cl)c3)O4)OC(CO)C(O)C2O)OC(C)C1O. The van der Waals surface area contributed by atoms with E-state index in [0.717, 1.165) is 123 Å². The number of nitrogens with two attached hydrogens (primary N) is 1. The maximum Gasteiger partial charge on any atom is 0.341 e. The van der Waals surface area contributed by atoms with Crippen molar-refractivity contribution in [1.82, 2.24) is 52.8 Å². The number of rotatable bonds is 34. The molecule has 131 heavy (non-hydrogen) atoms. The van der Waals surface area contributed by atoms with Crippen LogP contribution in [0.5, 0.6) is 46.0 Å². The Hall–Kier alpha value is -9.80. The Kier molecular flexibility index (Phi) is 35.3. The first-order chi connectivity index (χ1) is 61.8. The van der Waals surface area contributed by atoms with Crippen molar-refractivity contribution < 1.29 is 156 Å². The molecule has 11 bridgehead atoms. The van der Waals surface area contributed by atoms with E-state index in [1.54, 1.807) is 13.8 Å². The molecule has 0 radical (unpaired) electrons. The summed E-state index contributed by atoms with van der Waals surface area (Å²) in [6, 6.07) is -3.10. The van der Waals surface area contributed by atoms with Gasteiger partial charge in [0.25, 0.3) is 0 Å². The molecule has 7 aliphatic rings. The third-order valence-corrected chi connectivity index (χ3v) is 27.6. The molecular weight excluding hydrogens is 1810 g/mol. The molecule has 5 aromatic rings. The highest BCUT2D eigenvalue weighted by Crippen LogP contribution is 2.62. The van der Waals surface area contributed by atoms with Crippen LogP contribution in [0, 0.1) is 5.92 Å². The zero-order valence-corrected chi connectivity index (χ0v) is 75.3. The fourth-order valence-electron chi connectivity index (χ4n) is 16.3. The number of carboxylic acids is 1. The van der Waals surface area contributed by atoms with Gasteiger partial charge in [0.1, 0.15) is 102 Å². The second kappa shape index (κ2) is 44.8. The number of likely N-dealkylation sites (N-methyl/N-ethyl adjacent to an activating group) is 1. The van der Waals surface area contributed by atoms with Crippen molar-refractivity contribution in [1.29, 1.82) is 0 Å². The minimum atomic E-state index is -5.80. The largest absolute Gasteiger partial charge is 0.507 e. The van der Waals surface area contributed by atoms with Crippen molar-refractivity contribution in [2.75, 3.05) is 39.8 Å². The molecule has 12 rings (SSSR count). The van der Waals surface area contributed by atoms with Crippen LogP contribution in [-0.4, -0.2) is 259 Å². The predicted octanol–water partition coefficient (Wildman–Crippen LogP) is 2.07. The lowest BCUT2D eigenvalue weighted by Gasteiger charge is -2.52. The third kappa shape index (κ3) is 24.8. The summed E-state index contributed by atoms with van der Waals surface area (Å²) >= 11 is 14.3. The zero-order valence-electron chi connectivity index (χ0n) is 72.0. The summed E-state index contributed by atoms with van der Waals surface area (Å²) in [5, 5.41) is 139. The van der Waals surface area contributed by atoms with Crippen LogP contribution < -0.4 is 67.8 Å². The number of hydrogen-bond acceptors (Lipinski definition) is 30. The summed E-state index contributed by atoms with van der Waals surface area (Å²) in [4.78, 5) is 188. The molecule has 25 N–H and O–H groups in total.